The quantitative estimate of drug-likeness (QED) is 0.678. The van der Waals surface area contributed by atoms with Crippen molar-refractivity contribution in [3.63, 3.8) is 0 Å². The van der Waals surface area contributed by atoms with Gasteiger partial charge in [-0.15, -0.1) is 0 Å². The number of halogens is 3. The number of carboxylic acids is 1. The number of ether oxygens (including phenoxy) is 1. The van der Waals surface area contributed by atoms with Crippen LogP contribution in [0.2, 0.25) is 0 Å². The predicted molar refractivity (Wildman–Crippen MR) is 75.4 cm³/mol. The zero-order valence-corrected chi connectivity index (χ0v) is 12.1. The van der Waals surface area contributed by atoms with Crippen molar-refractivity contribution in [1.29, 1.82) is 0 Å². The van der Waals surface area contributed by atoms with Gasteiger partial charge in [-0.2, -0.15) is 13.2 Å². The van der Waals surface area contributed by atoms with Gasteiger partial charge >= 0.3 is 18.1 Å². The zero-order valence-electron chi connectivity index (χ0n) is 12.1. The van der Waals surface area contributed by atoms with Crippen LogP contribution in [0, 0.1) is 5.41 Å². The molecule has 4 nitrogen and oxygen atoms in total. The highest BCUT2D eigenvalue weighted by Crippen LogP contribution is 2.35. The number of cyclic esters (lactones) is 1. The van der Waals surface area contributed by atoms with Crippen molar-refractivity contribution in [1.82, 2.24) is 0 Å². The van der Waals surface area contributed by atoms with Crippen LogP contribution >= 0.6 is 0 Å². The molecule has 23 heavy (non-hydrogen) atoms. The molecule has 1 aliphatic rings. The van der Waals surface area contributed by atoms with Gasteiger partial charge in [0.15, 0.2) is 5.41 Å². The number of esters is 1. The number of carbonyl (C=O) groups excluding carboxylic acids is 1. The summed E-state index contributed by atoms with van der Waals surface area (Å²) in [7, 11) is 0. The van der Waals surface area contributed by atoms with E-state index in [9.17, 15) is 27.9 Å². The molecule has 0 amide bonds. The third-order valence-corrected chi connectivity index (χ3v) is 3.80. The van der Waals surface area contributed by atoms with Gasteiger partial charge in [-0.3, -0.25) is 9.59 Å². The molecule has 0 bridgehead atoms. The van der Waals surface area contributed by atoms with E-state index in [-0.39, 0.29) is 19.4 Å². The van der Waals surface area contributed by atoms with Crippen LogP contribution in [0.3, 0.4) is 0 Å². The normalized spacial score (nSPS) is 22.1. The first-order valence-electron chi connectivity index (χ1n) is 7.00. The predicted octanol–water partition coefficient (Wildman–Crippen LogP) is 3.52. The first-order valence-corrected chi connectivity index (χ1v) is 7.00. The van der Waals surface area contributed by atoms with Crippen molar-refractivity contribution < 1.29 is 32.6 Å². The molecule has 1 aromatic carbocycles. The molecule has 0 spiro atoms. The molecule has 0 saturated carbocycles. The molecular formula is C16H15F3O4. The number of allylic oxidation sites excluding steroid dienone is 1. The van der Waals surface area contributed by atoms with Crippen LogP contribution in [-0.4, -0.2) is 23.7 Å². The summed E-state index contributed by atoms with van der Waals surface area (Å²) in [4.78, 5) is 23.2. The zero-order chi connectivity index (χ0) is 17.1. The van der Waals surface area contributed by atoms with E-state index in [1.165, 1.54) is 24.3 Å². The third-order valence-electron chi connectivity index (χ3n) is 3.80. The Hall–Kier alpha value is -2.31. The van der Waals surface area contributed by atoms with Gasteiger partial charge in [0.2, 0.25) is 0 Å². The maximum absolute atomic E-state index is 12.5. The number of alkyl halides is 3. The van der Waals surface area contributed by atoms with Crippen molar-refractivity contribution in [2.45, 2.75) is 25.4 Å². The van der Waals surface area contributed by atoms with Gasteiger partial charge in [0, 0.05) is 0 Å². The molecule has 124 valence electrons. The van der Waals surface area contributed by atoms with E-state index >= 15 is 0 Å². The van der Waals surface area contributed by atoms with Crippen molar-refractivity contribution in [2.24, 2.45) is 5.41 Å². The summed E-state index contributed by atoms with van der Waals surface area (Å²) in [5.41, 5.74) is -1.88. The Kier molecular flexibility index (Phi) is 4.77. The number of hydrogen-bond acceptors (Lipinski definition) is 3. The van der Waals surface area contributed by atoms with Crippen LogP contribution in [0.25, 0.3) is 6.08 Å². The van der Waals surface area contributed by atoms with Crippen molar-refractivity contribution in [3.8, 4) is 0 Å². The van der Waals surface area contributed by atoms with Crippen LogP contribution in [0.1, 0.15) is 30.4 Å². The lowest BCUT2D eigenvalue weighted by Crippen LogP contribution is -2.43. The lowest BCUT2D eigenvalue weighted by molar-refractivity contribution is -0.174. The molecule has 1 heterocycles. The minimum absolute atomic E-state index is 0.0673. The maximum atomic E-state index is 12.5. The minimum atomic E-state index is -4.40. The van der Waals surface area contributed by atoms with Crippen molar-refractivity contribution in [3.05, 3.63) is 41.5 Å². The first kappa shape index (κ1) is 17.1. The molecule has 1 saturated heterocycles. The van der Waals surface area contributed by atoms with Gasteiger partial charge < -0.3 is 9.84 Å². The fourth-order valence-electron chi connectivity index (χ4n) is 2.43. The van der Waals surface area contributed by atoms with Crippen LogP contribution in [-0.2, 0) is 20.5 Å². The van der Waals surface area contributed by atoms with Crippen LogP contribution in [0.15, 0.2) is 30.3 Å². The fourth-order valence-corrected chi connectivity index (χ4v) is 2.43. The highest BCUT2D eigenvalue weighted by molar-refractivity contribution is 5.99. The lowest BCUT2D eigenvalue weighted by atomic mass is 9.78. The molecule has 0 radical (unpaired) electrons. The summed E-state index contributed by atoms with van der Waals surface area (Å²) >= 11 is 0. The van der Waals surface area contributed by atoms with Gasteiger partial charge in [-0.05, 0) is 37.0 Å². The smallest absolute Gasteiger partial charge is 0.416 e. The highest BCUT2D eigenvalue weighted by atomic mass is 19.4. The Bertz CT molecular complexity index is 619. The second kappa shape index (κ2) is 6.44. The van der Waals surface area contributed by atoms with Gasteiger partial charge in [0.1, 0.15) is 0 Å². The molecule has 1 atom stereocenters. The summed E-state index contributed by atoms with van der Waals surface area (Å²) in [6.07, 6.45) is -0.857. The Morgan fingerprint density at radius 1 is 1.30 bits per heavy atom. The summed E-state index contributed by atoms with van der Waals surface area (Å²) in [5, 5.41) is 9.32. The Morgan fingerprint density at radius 2 is 1.96 bits per heavy atom. The van der Waals surface area contributed by atoms with Crippen LogP contribution < -0.4 is 0 Å². The maximum Gasteiger partial charge on any atom is 0.416 e. The minimum Gasteiger partial charge on any atom is -0.480 e. The molecule has 1 aromatic rings. The van der Waals surface area contributed by atoms with E-state index in [0.717, 1.165) is 12.1 Å². The third kappa shape index (κ3) is 3.72. The SMILES string of the molecule is O=C(O)C1(CC=Cc2ccc(C(F)(F)F)cc2)CCCOC1=O. The fraction of sp³-hybridized carbons (Fsp3) is 0.375. The summed E-state index contributed by atoms with van der Waals surface area (Å²) in [6.45, 7) is 0.205. The average molecular weight is 328 g/mol. The molecule has 7 heteroatoms. The Morgan fingerprint density at radius 3 is 2.48 bits per heavy atom. The number of carboxylic acid groups (broad SMARTS) is 1. The van der Waals surface area contributed by atoms with E-state index in [1.54, 1.807) is 0 Å². The molecule has 1 N–H and O–H groups in total. The standard InChI is InChI=1S/C16H15F3O4/c17-16(18,19)12-6-4-11(5-7-12)3-1-8-15(13(20)21)9-2-10-23-14(15)22/h1,3-7H,2,8-10H2,(H,20,21). The number of aliphatic carboxylic acids is 1. The van der Waals surface area contributed by atoms with Crippen molar-refractivity contribution >= 4 is 18.0 Å². The van der Waals surface area contributed by atoms with Gasteiger partial charge in [0.25, 0.3) is 0 Å². The van der Waals surface area contributed by atoms with Gasteiger partial charge in [-0.1, -0.05) is 24.3 Å². The van der Waals surface area contributed by atoms with Crippen molar-refractivity contribution in [2.75, 3.05) is 6.61 Å². The molecule has 0 aliphatic carbocycles. The number of benzene rings is 1. The molecule has 2 rings (SSSR count). The number of hydrogen-bond donors (Lipinski definition) is 1. The number of carbonyl (C=O) groups is 2. The topological polar surface area (TPSA) is 63.6 Å². The van der Waals surface area contributed by atoms with Gasteiger partial charge in [-0.25, -0.2) is 0 Å². The number of rotatable bonds is 4. The molecule has 0 aromatic heterocycles. The summed E-state index contributed by atoms with van der Waals surface area (Å²) < 4.78 is 42.2. The molecule has 1 fully saturated rings. The van der Waals surface area contributed by atoms with Gasteiger partial charge in [0.05, 0.1) is 12.2 Å². The van der Waals surface area contributed by atoms with E-state index in [0.29, 0.717) is 12.0 Å². The molecule has 1 unspecified atom stereocenters. The molecule has 1 aliphatic heterocycles. The Balaban J connectivity index is 2.10. The van der Waals surface area contributed by atoms with E-state index < -0.39 is 29.1 Å². The Labute approximate surface area is 130 Å². The first-order chi connectivity index (χ1) is 10.8. The lowest BCUT2D eigenvalue weighted by Gasteiger charge is -2.29. The van der Waals surface area contributed by atoms with E-state index in [2.05, 4.69) is 0 Å². The highest BCUT2D eigenvalue weighted by Gasteiger charge is 2.48. The van der Waals surface area contributed by atoms with Crippen LogP contribution in [0.5, 0.6) is 0 Å². The van der Waals surface area contributed by atoms with Crippen LogP contribution in [0.4, 0.5) is 13.2 Å². The monoisotopic (exact) mass is 328 g/mol. The summed E-state index contributed by atoms with van der Waals surface area (Å²) in [5.74, 6) is -2.02. The van der Waals surface area contributed by atoms with E-state index in [1.807, 2.05) is 0 Å². The second-order valence-electron chi connectivity index (χ2n) is 5.35. The average Bonchev–Trinajstić information content (AvgIpc) is 2.48. The largest absolute Gasteiger partial charge is 0.480 e. The van der Waals surface area contributed by atoms with E-state index in [4.69, 9.17) is 4.74 Å². The molecular weight excluding hydrogens is 313 g/mol. The second-order valence-corrected chi connectivity index (χ2v) is 5.35. The summed E-state index contributed by atoms with van der Waals surface area (Å²) in [6, 6.07) is 4.46.